The Morgan fingerprint density at radius 1 is 1.20 bits per heavy atom. The zero-order chi connectivity index (χ0) is 14.5. The highest BCUT2D eigenvalue weighted by atomic mass is 19.1. The highest BCUT2D eigenvalue weighted by molar-refractivity contribution is 6.04. The van der Waals surface area contributed by atoms with Crippen LogP contribution in [0.1, 0.15) is 17.3 Å². The van der Waals surface area contributed by atoms with E-state index in [1.54, 1.807) is 6.07 Å². The van der Waals surface area contributed by atoms with Gasteiger partial charge in [0, 0.05) is 12.7 Å². The number of para-hydroxylation sites is 1. The fourth-order valence-electron chi connectivity index (χ4n) is 1.62. The molecule has 2 aromatic rings. The third-order valence-electron chi connectivity index (χ3n) is 2.58. The Morgan fingerprint density at radius 3 is 2.45 bits per heavy atom. The van der Waals surface area contributed by atoms with Gasteiger partial charge in [0.25, 0.3) is 5.91 Å². The molecule has 20 heavy (non-hydrogen) atoms. The van der Waals surface area contributed by atoms with Gasteiger partial charge in [-0.2, -0.15) is 0 Å². The van der Waals surface area contributed by atoms with Gasteiger partial charge in [0.15, 0.2) is 0 Å². The van der Waals surface area contributed by atoms with Gasteiger partial charge in [-0.05, 0) is 31.2 Å². The molecule has 0 saturated heterocycles. The van der Waals surface area contributed by atoms with E-state index in [1.807, 2.05) is 6.92 Å². The van der Waals surface area contributed by atoms with Gasteiger partial charge in [0.05, 0.1) is 5.56 Å². The zero-order valence-corrected chi connectivity index (χ0v) is 10.8. The molecular formula is C14H13F2N3O. The van der Waals surface area contributed by atoms with Crippen molar-refractivity contribution < 1.29 is 13.6 Å². The second-order valence-electron chi connectivity index (χ2n) is 4.01. The lowest BCUT2D eigenvalue weighted by molar-refractivity contribution is 0.102. The monoisotopic (exact) mass is 277 g/mol. The van der Waals surface area contributed by atoms with E-state index < -0.39 is 23.2 Å². The average Bonchev–Trinajstić information content (AvgIpc) is 2.44. The smallest absolute Gasteiger partial charge is 0.257 e. The van der Waals surface area contributed by atoms with Crippen LogP contribution in [0.5, 0.6) is 0 Å². The molecule has 0 radical (unpaired) electrons. The molecule has 0 atom stereocenters. The van der Waals surface area contributed by atoms with Gasteiger partial charge >= 0.3 is 0 Å². The molecule has 1 heterocycles. The number of amides is 1. The molecule has 2 rings (SSSR count). The first kappa shape index (κ1) is 13.9. The molecule has 0 aliphatic rings. The van der Waals surface area contributed by atoms with Crippen LogP contribution in [0.25, 0.3) is 0 Å². The summed E-state index contributed by atoms with van der Waals surface area (Å²) in [5.74, 6) is -1.64. The molecule has 6 heteroatoms. The molecule has 2 N–H and O–H groups in total. The van der Waals surface area contributed by atoms with E-state index in [2.05, 4.69) is 15.6 Å². The van der Waals surface area contributed by atoms with E-state index in [9.17, 15) is 13.6 Å². The Kier molecular flexibility index (Phi) is 4.24. The fourth-order valence-corrected chi connectivity index (χ4v) is 1.62. The van der Waals surface area contributed by atoms with E-state index in [4.69, 9.17) is 0 Å². The van der Waals surface area contributed by atoms with Crippen LogP contribution in [0.4, 0.5) is 20.3 Å². The molecule has 1 amide bonds. The molecule has 0 saturated carbocycles. The van der Waals surface area contributed by atoms with E-state index in [-0.39, 0.29) is 5.56 Å². The van der Waals surface area contributed by atoms with Crippen molar-refractivity contribution in [3.63, 3.8) is 0 Å². The minimum absolute atomic E-state index is 0.217. The quantitative estimate of drug-likeness (QED) is 0.903. The summed E-state index contributed by atoms with van der Waals surface area (Å²) in [4.78, 5) is 15.9. The summed E-state index contributed by atoms with van der Waals surface area (Å²) in [5.41, 5.74) is -0.248. The summed E-state index contributed by atoms with van der Waals surface area (Å²) in [6.07, 6.45) is 1.34. The Hall–Kier alpha value is -2.50. The number of hydrogen-bond donors (Lipinski definition) is 2. The molecule has 1 aromatic carbocycles. The first-order valence-corrected chi connectivity index (χ1v) is 6.07. The van der Waals surface area contributed by atoms with Crippen LogP contribution in [0.2, 0.25) is 0 Å². The number of nitrogens with zero attached hydrogens (tertiary/aromatic N) is 1. The lowest BCUT2D eigenvalue weighted by Gasteiger charge is -2.08. The largest absolute Gasteiger partial charge is 0.370 e. The SMILES string of the molecule is CCNc1ccc(C(=O)Nc2c(F)cccc2F)cn1. The molecule has 0 bridgehead atoms. The number of pyridine rings is 1. The number of anilines is 2. The van der Waals surface area contributed by atoms with E-state index in [0.717, 1.165) is 12.1 Å². The van der Waals surface area contributed by atoms with Gasteiger partial charge < -0.3 is 10.6 Å². The van der Waals surface area contributed by atoms with Crippen LogP contribution in [-0.2, 0) is 0 Å². The van der Waals surface area contributed by atoms with Crippen LogP contribution in [0.15, 0.2) is 36.5 Å². The molecule has 0 unspecified atom stereocenters. The Labute approximate surface area is 114 Å². The summed E-state index contributed by atoms with van der Waals surface area (Å²) < 4.78 is 26.8. The van der Waals surface area contributed by atoms with Crippen LogP contribution < -0.4 is 10.6 Å². The zero-order valence-electron chi connectivity index (χ0n) is 10.8. The number of carbonyl (C=O) groups is 1. The summed E-state index contributed by atoms with van der Waals surface area (Å²) >= 11 is 0. The Morgan fingerprint density at radius 2 is 1.90 bits per heavy atom. The van der Waals surface area contributed by atoms with Crippen molar-refractivity contribution in [2.75, 3.05) is 17.2 Å². The van der Waals surface area contributed by atoms with Crippen LogP contribution >= 0.6 is 0 Å². The summed E-state index contributed by atoms with van der Waals surface area (Å²) in [6.45, 7) is 2.63. The Bertz CT molecular complexity index is 594. The number of rotatable bonds is 4. The minimum Gasteiger partial charge on any atom is -0.370 e. The second kappa shape index (κ2) is 6.10. The molecule has 4 nitrogen and oxygen atoms in total. The molecule has 1 aromatic heterocycles. The van der Waals surface area contributed by atoms with E-state index in [0.29, 0.717) is 12.4 Å². The normalized spacial score (nSPS) is 10.2. The third-order valence-corrected chi connectivity index (χ3v) is 2.58. The van der Waals surface area contributed by atoms with Crippen LogP contribution in [0, 0.1) is 11.6 Å². The van der Waals surface area contributed by atoms with E-state index >= 15 is 0 Å². The number of halogens is 2. The van der Waals surface area contributed by atoms with Crippen molar-refractivity contribution >= 4 is 17.4 Å². The fraction of sp³-hybridized carbons (Fsp3) is 0.143. The maximum atomic E-state index is 13.4. The standard InChI is InChI=1S/C14H13F2N3O/c1-2-17-12-7-6-9(8-18-12)14(20)19-13-10(15)4-3-5-11(13)16/h3-8H,2H2,1H3,(H,17,18)(H,19,20). The summed E-state index contributed by atoms with van der Waals surface area (Å²) in [7, 11) is 0. The highest BCUT2D eigenvalue weighted by Crippen LogP contribution is 2.19. The van der Waals surface area contributed by atoms with Crippen molar-refractivity contribution in [2.45, 2.75) is 6.92 Å². The second-order valence-corrected chi connectivity index (χ2v) is 4.01. The predicted molar refractivity (Wildman–Crippen MR) is 72.7 cm³/mol. The molecule has 0 aliphatic heterocycles. The molecule has 0 spiro atoms. The van der Waals surface area contributed by atoms with Crippen LogP contribution in [-0.4, -0.2) is 17.4 Å². The average molecular weight is 277 g/mol. The van der Waals surface area contributed by atoms with Crippen molar-refractivity contribution in [3.8, 4) is 0 Å². The highest BCUT2D eigenvalue weighted by Gasteiger charge is 2.13. The van der Waals surface area contributed by atoms with Crippen molar-refractivity contribution in [2.24, 2.45) is 0 Å². The van der Waals surface area contributed by atoms with Crippen LogP contribution in [0.3, 0.4) is 0 Å². The number of aromatic nitrogens is 1. The van der Waals surface area contributed by atoms with Crippen molar-refractivity contribution in [1.82, 2.24) is 4.98 Å². The number of hydrogen-bond acceptors (Lipinski definition) is 3. The minimum atomic E-state index is -0.824. The number of benzene rings is 1. The van der Waals surface area contributed by atoms with Gasteiger partial charge in [-0.15, -0.1) is 0 Å². The summed E-state index contributed by atoms with van der Waals surface area (Å²) in [6, 6.07) is 6.53. The maximum Gasteiger partial charge on any atom is 0.257 e. The van der Waals surface area contributed by atoms with Gasteiger partial charge in [-0.1, -0.05) is 6.07 Å². The third kappa shape index (κ3) is 3.09. The lowest BCUT2D eigenvalue weighted by atomic mass is 10.2. The predicted octanol–water partition coefficient (Wildman–Crippen LogP) is 3.04. The van der Waals surface area contributed by atoms with Gasteiger partial charge in [0.1, 0.15) is 23.1 Å². The Balaban J connectivity index is 2.16. The summed E-state index contributed by atoms with van der Waals surface area (Å²) in [5, 5.41) is 5.18. The molecule has 104 valence electrons. The van der Waals surface area contributed by atoms with E-state index in [1.165, 1.54) is 18.3 Å². The molecule has 0 aliphatic carbocycles. The first-order valence-electron chi connectivity index (χ1n) is 6.07. The lowest BCUT2D eigenvalue weighted by Crippen LogP contribution is -2.14. The van der Waals surface area contributed by atoms with Gasteiger partial charge in [-0.25, -0.2) is 13.8 Å². The number of carbonyl (C=O) groups excluding carboxylic acids is 1. The van der Waals surface area contributed by atoms with Crippen molar-refractivity contribution in [1.29, 1.82) is 0 Å². The van der Waals surface area contributed by atoms with Gasteiger partial charge in [-0.3, -0.25) is 4.79 Å². The van der Waals surface area contributed by atoms with Crippen molar-refractivity contribution in [3.05, 3.63) is 53.7 Å². The number of nitrogens with one attached hydrogen (secondary N) is 2. The van der Waals surface area contributed by atoms with Gasteiger partial charge in [0.2, 0.25) is 0 Å². The first-order chi connectivity index (χ1) is 9.61. The molecule has 0 fully saturated rings. The topological polar surface area (TPSA) is 54.0 Å². The maximum absolute atomic E-state index is 13.4. The molecular weight excluding hydrogens is 264 g/mol.